The van der Waals surface area contributed by atoms with Crippen LogP contribution in [0.25, 0.3) is 0 Å². The Morgan fingerprint density at radius 2 is 2.17 bits per heavy atom. The first-order chi connectivity index (χ1) is 8.56. The Labute approximate surface area is 112 Å². The van der Waals surface area contributed by atoms with Crippen LogP contribution in [0.4, 0.5) is 4.39 Å². The van der Waals surface area contributed by atoms with Gasteiger partial charge in [0.15, 0.2) is 10.4 Å². The number of rotatable bonds is 3. The summed E-state index contributed by atoms with van der Waals surface area (Å²) < 4.78 is 18.7. The van der Waals surface area contributed by atoms with Gasteiger partial charge in [0.05, 0.1) is 6.04 Å². The third-order valence-electron chi connectivity index (χ3n) is 2.49. The molecule has 5 heteroatoms. The summed E-state index contributed by atoms with van der Waals surface area (Å²) in [4.78, 5) is 11.8. The molecule has 1 amide bonds. The molecule has 2 rings (SSSR count). The van der Waals surface area contributed by atoms with Crippen LogP contribution in [0.3, 0.4) is 0 Å². The SMILES string of the molecule is CC(NC(=O)c1ccc(Br)o1)c1cccc(F)c1. The minimum Gasteiger partial charge on any atom is -0.444 e. The van der Waals surface area contributed by atoms with E-state index in [1.165, 1.54) is 12.1 Å². The highest BCUT2D eigenvalue weighted by molar-refractivity contribution is 9.10. The lowest BCUT2D eigenvalue weighted by Crippen LogP contribution is -2.26. The third kappa shape index (κ3) is 2.98. The zero-order valence-electron chi connectivity index (χ0n) is 9.61. The highest BCUT2D eigenvalue weighted by atomic mass is 79.9. The molecule has 1 aromatic carbocycles. The molecule has 3 nitrogen and oxygen atoms in total. The average molecular weight is 312 g/mol. The van der Waals surface area contributed by atoms with Crippen LogP contribution in [-0.4, -0.2) is 5.91 Å². The first-order valence-electron chi connectivity index (χ1n) is 5.38. The molecule has 1 aromatic heterocycles. The summed E-state index contributed by atoms with van der Waals surface area (Å²) in [5.74, 6) is -0.447. The quantitative estimate of drug-likeness (QED) is 0.939. The number of furan rings is 1. The van der Waals surface area contributed by atoms with Crippen molar-refractivity contribution in [2.75, 3.05) is 0 Å². The number of amides is 1. The molecule has 1 heterocycles. The van der Waals surface area contributed by atoms with Gasteiger partial charge in [-0.05, 0) is 52.7 Å². The van der Waals surface area contributed by atoms with E-state index in [1.807, 2.05) is 0 Å². The van der Waals surface area contributed by atoms with Crippen LogP contribution in [-0.2, 0) is 0 Å². The van der Waals surface area contributed by atoms with Gasteiger partial charge in [-0.1, -0.05) is 12.1 Å². The smallest absolute Gasteiger partial charge is 0.287 e. The molecule has 0 radical (unpaired) electrons. The van der Waals surface area contributed by atoms with Crippen molar-refractivity contribution >= 4 is 21.8 Å². The Bertz CT molecular complexity index is 568. The van der Waals surface area contributed by atoms with Crippen molar-refractivity contribution in [2.24, 2.45) is 0 Å². The van der Waals surface area contributed by atoms with E-state index in [4.69, 9.17) is 4.42 Å². The second-order valence-corrected chi connectivity index (χ2v) is 4.64. The summed E-state index contributed by atoms with van der Waals surface area (Å²) in [5, 5.41) is 2.73. The molecule has 1 atom stereocenters. The molecule has 0 spiro atoms. The molecule has 0 aliphatic rings. The van der Waals surface area contributed by atoms with Crippen molar-refractivity contribution < 1.29 is 13.6 Å². The molecule has 0 bridgehead atoms. The van der Waals surface area contributed by atoms with E-state index in [9.17, 15) is 9.18 Å². The van der Waals surface area contributed by atoms with Gasteiger partial charge < -0.3 is 9.73 Å². The Balaban J connectivity index is 2.07. The predicted molar refractivity (Wildman–Crippen MR) is 68.7 cm³/mol. The molecule has 0 fully saturated rings. The molecule has 0 aliphatic carbocycles. The zero-order valence-corrected chi connectivity index (χ0v) is 11.2. The van der Waals surface area contributed by atoms with Crippen molar-refractivity contribution in [1.82, 2.24) is 5.32 Å². The van der Waals surface area contributed by atoms with Crippen LogP contribution in [0.1, 0.15) is 29.1 Å². The van der Waals surface area contributed by atoms with Crippen LogP contribution < -0.4 is 5.32 Å². The topological polar surface area (TPSA) is 42.2 Å². The summed E-state index contributed by atoms with van der Waals surface area (Å²) in [6.07, 6.45) is 0. The van der Waals surface area contributed by atoms with E-state index in [0.29, 0.717) is 10.2 Å². The number of hydrogen-bond donors (Lipinski definition) is 1. The Hall–Kier alpha value is -1.62. The van der Waals surface area contributed by atoms with E-state index in [0.717, 1.165) is 0 Å². The van der Waals surface area contributed by atoms with E-state index in [-0.39, 0.29) is 23.5 Å². The summed E-state index contributed by atoms with van der Waals surface area (Å²) in [6.45, 7) is 1.78. The van der Waals surface area contributed by atoms with Crippen LogP contribution in [0.5, 0.6) is 0 Å². The minimum absolute atomic E-state index is 0.213. The second kappa shape index (κ2) is 5.35. The van der Waals surface area contributed by atoms with E-state index < -0.39 is 0 Å². The first-order valence-corrected chi connectivity index (χ1v) is 6.17. The molecular weight excluding hydrogens is 301 g/mol. The lowest BCUT2D eigenvalue weighted by molar-refractivity contribution is 0.0910. The van der Waals surface area contributed by atoms with Crippen LogP contribution in [0.15, 0.2) is 45.5 Å². The maximum Gasteiger partial charge on any atom is 0.287 e. The van der Waals surface area contributed by atoms with Gasteiger partial charge >= 0.3 is 0 Å². The fourth-order valence-corrected chi connectivity index (χ4v) is 1.87. The van der Waals surface area contributed by atoms with Gasteiger partial charge in [0.25, 0.3) is 5.91 Å². The third-order valence-corrected chi connectivity index (χ3v) is 2.92. The molecule has 0 saturated heterocycles. The highest BCUT2D eigenvalue weighted by Crippen LogP contribution is 2.17. The maximum absolute atomic E-state index is 13.1. The second-order valence-electron chi connectivity index (χ2n) is 3.85. The Morgan fingerprint density at radius 1 is 1.39 bits per heavy atom. The van der Waals surface area contributed by atoms with Crippen LogP contribution >= 0.6 is 15.9 Å². The van der Waals surface area contributed by atoms with Gasteiger partial charge in [-0.3, -0.25) is 4.79 Å². The van der Waals surface area contributed by atoms with Crippen LogP contribution in [0.2, 0.25) is 0 Å². The molecule has 1 unspecified atom stereocenters. The summed E-state index contributed by atoms with van der Waals surface area (Å²) >= 11 is 3.12. The van der Waals surface area contributed by atoms with Gasteiger partial charge in [0, 0.05) is 0 Å². The highest BCUT2D eigenvalue weighted by Gasteiger charge is 2.14. The predicted octanol–water partition coefficient (Wildman–Crippen LogP) is 3.67. The number of benzene rings is 1. The number of nitrogens with one attached hydrogen (secondary N) is 1. The van der Waals surface area contributed by atoms with Crippen molar-refractivity contribution in [3.63, 3.8) is 0 Å². The van der Waals surface area contributed by atoms with Gasteiger partial charge in [-0.15, -0.1) is 0 Å². The molecule has 1 N–H and O–H groups in total. The summed E-state index contributed by atoms with van der Waals surface area (Å²) in [5.41, 5.74) is 0.703. The van der Waals surface area contributed by atoms with Gasteiger partial charge in [0.2, 0.25) is 0 Å². The summed E-state index contributed by atoms with van der Waals surface area (Å²) in [6, 6.07) is 9.03. The zero-order chi connectivity index (χ0) is 13.1. The van der Waals surface area contributed by atoms with Gasteiger partial charge in [0.1, 0.15) is 5.82 Å². The van der Waals surface area contributed by atoms with E-state index in [1.54, 1.807) is 31.2 Å². The minimum atomic E-state index is -0.336. The Kier molecular flexibility index (Phi) is 3.81. The number of carbonyl (C=O) groups is 1. The lowest BCUT2D eigenvalue weighted by atomic mass is 10.1. The number of carbonyl (C=O) groups excluding carboxylic acids is 1. The first kappa shape index (κ1) is 12.8. The fraction of sp³-hybridized carbons (Fsp3) is 0.154. The molecule has 18 heavy (non-hydrogen) atoms. The van der Waals surface area contributed by atoms with Gasteiger partial charge in [-0.25, -0.2) is 4.39 Å². The largest absolute Gasteiger partial charge is 0.444 e. The Morgan fingerprint density at radius 3 is 2.78 bits per heavy atom. The van der Waals surface area contributed by atoms with Gasteiger partial charge in [-0.2, -0.15) is 0 Å². The van der Waals surface area contributed by atoms with E-state index >= 15 is 0 Å². The molecular formula is C13H11BrFNO2. The number of halogens is 2. The summed E-state index contributed by atoms with van der Waals surface area (Å²) in [7, 11) is 0. The van der Waals surface area contributed by atoms with Crippen molar-refractivity contribution in [3.8, 4) is 0 Å². The van der Waals surface area contributed by atoms with Crippen molar-refractivity contribution in [3.05, 3.63) is 58.2 Å². The average Bonchev–Trinajstić information content (AvgIpc) is 2.76. The fourth-order valence-electron chi connectivity index (χ4n) is 1.56. The molecule has 94 valence electrons. The molecule has 0 saturated carbocycles. The van der Waals surface area contributed by atoms with Crippen molar-refractivity contribution in [1.29, 1.82) is 0 Å². The normalized spacial score (nSPS) is 12.2. The molecule has 0 aliphatic heterocycles. The van der Waals surface area contributed by atoms with E-state index in [2.05, 4.69) is 21.2 Å². The lowest BCUT2D eigenvalue weighted by Gasteiger charge is -2.13. The maximum atomic E-state index is 13.1. The number of hydrogen-bond acceptors (Lipinski definition) is 2. The monoisotopic (exact) mass is 311 g/mol. The van der Waals surface area contributed by atoms with Crippen LogP contribution in [0, 0.1) is 5.82 Å². The standard InChI is InChI=1S/C13H11BrFNO2/c1-8(9-3-2-4-10(15)7-9)16-13(17)11-5-6-12(14)18-11/h2-8H,1H3,(H,16,17). The molecule has 2 aromatic rings. The van der Waals surface area contributed by atoms with Crippen molar-refractivity contribution in [2.45, 2.75) is 13.0 Å².